The molecule has 2 aliphatic heterocycles. The molecule has 0 aliphatic carbocycles. The molecule has 4 rings (SSSR count). The van der Waals surface area contributed by atoms with Crippen molar-refractivity contribution in [2.45, 2.75) is 32.0 Å². The highest BCUT2D eigenvalue weighted by Gasteiger charge is 2.42. The number of fused-ring (bicyclic) bond motifs is 2. The zero-order valence-electron chi connectivity index (χ0n) is 14.6. The Labute approximate surface area is 149 Å². The van der Waals surface area contributed by atoms with Gasteiger partial charge in [0.2, 0.25) is 0 Å². The molecule has 0 unspecified atom stereocenters. The minimum atomic E-state index is -0.244. The van der Waals surface area contributed by atoms with Crippen molar-refractivity contribution in [1.82, 2.24) is 4.90 Å². The normalized spacial score (nSPS) is 22.4. The third-order valence-corrected chi connectivity index (χ3v) is 5.29. The van der Waals surface area contributed by atoms with Crippen molar-refractivity contribution < 1.29 is 9.53 Å². The van der Waals surface area contributed by atoms with E-state index in [2.05, 4.69) is 52.3 Å². The van der Waals surface area contributed by atoms with Crippen LogP contribution in [0.4, 0.5) is 5.69 Å². The van der Waals surface area contributed by atoms with Crippen LogP contribution in [-0.4, -0.2) is 42.6 Å². The molecular weight excluding hydrogens is 312 g/mol. The lowest BCUT2D eigenvalue weighted by molar-refractivity contribution is 0.0526. The van der Waals surface area contributed by atoms with Crippen molar-refractivity contribution >= 4 is 11.7 Å². The summed E-state index contributed by atoms with van der Waals surface area (Å²) in [6.45, 7) is 5.45. The highest BCUT2D eigenvalue weighted by molar-refractivity contribution is 5.89. The first-order chi connectivity index (χ1) is 12.2. The first-order valence-electron chi connectivity index (χ1n) is 9.06. The minimum Gasteiger partial charge on any atom is -0.462 e. The molecule has 2 bridgehead atoms. The number of ether oxygens (including phenoxy) is 1. The zero-order chi connectivity index (χ0) is 17.2. The minimum absolute atomic E-state index is 0.244. The van der Waals surface area contributed by atoms with Crippen LogP contribution in [0.15, 0.2) is 54.6 Å². The van der Waals surface area contributed by atoms with Gasteiger partial charge in [0.05, 0.1) is 12.2 Å². The summed E-state index contributed by atoms with van der Waals surface area (Å²) in [5, 5.41) is 0. The first-order valence-corrected chi connectivity index (χ1v) is 9.06. The van der Waals surface area contributed by atoms with Gasteiger partial charge in [-0.15, -0.1) is 0 Å². The van der Waals surface area contributed by atoms with Gasteiger partial charge in [-0.25, -0.2) is 4.79 Å². The molecule has 2 heterocycles. The van der Waals surface area contributed by atoms with Crippen LogP contribution in [0.2, 0.25) is 0 Å². The number of anilines is 1. The van der Waals surface area contributed by atoms with E-state index in [1.165, 1.54) is 17.7 Å². The topological polar surface area (TPSA) is 32.8 Å². The maximum atomic E-state index is 11.8. The second kappa shape index (κ2) is 6.89. The molecule has 25 heavy (non-hydrogen) atoms. The van der Waals surface area contributed by atoms with Gasteiger partial charge in [-0.1, -0.05) is 30.3 Å². The van der Waals surface area contributed by atoms with E-state index in [1.807, 2.05) is 19.1 Å². The standard InChI is InChI=1S/C21H24N2O2/c1-2-25-21(24)17-8-10-18(11-9-17)23-15-19-12-20(23)14-22(19)13-16-6-4-3-5-7-16/h3-11,19-20H,2,12-15H2,1H3/t19-,20-/m0/s1. The predicted octanol–water partition coefficient (Wildman–Crippen LogP) is 3.33. The number of piperazine rings is 1. The summed E-state index contributed by atoms with van der Waals surface area (Å²) >= 11 is 0. The summed E-state index contributed by atoms with van der Waals surface area (Å²) in [5.41, 5.74) is 3.22. The number of hydrogen-bond donors (Lipinski definition) is 0. The quantitative estimate of drug-likeness (QED) is 0.784. The number of carbonyl (C=O) groups excluding carboxylic acids is 1. The molecule has 2 aromatic carbocycles. The average molecular weight is 336 g/mol. The first kappa shape index (κ1) is 16.2. The lowest BCUT2D eigenvalue weighted by atomic mass is 10.1. The van der Waals surface area contributed by atoms with E-state index < -0.39 is 0 Å². The largest absolute Gasteiger partial charge is 0.462 e. The molecule has 2 fully saturated rings. The van der Waals surface area contributed by atoms with Gasteiger partial charge in [-0.3, -0.25) is 4.90 Å². The average Bonchev–Trinajstić information content (AvgIpc) is 3.23. The molecule has 2 atom stereocenters. The number of benzene rings is 2. The Bertz CT molecular complexity index is 729. The molecule has 4 nitrogen and oxygen atoms in total. The van der Waals surface area contributed by atoms with Crippen molar-refractivity contribution in [2.24, 2.45) is 0 Å². The van der Waals surface area contributed by atoms with Crippen molar-refractivity contribution in [3.8, 4) is 0 Å². The van der Waals surface area contributed by atoms with E-state index in [9.17, 15) is 4.79 Å². The van der Waals surface area contributed by atoms with Crippen LogP contribution in [0.3, 0.4) is 0 Å². The van der Waals surface area contributed by atoms with Crippen molar-refractivity contribution in [3.63, 3.8) is 0 Å². The van der Waals surface area contributed by atoms with Crippen LogP contribution in [0, 0.1) is 0 Å². The van der Waals surface area contributed by atoms with Crippen LogP contribution in [0.5, 0.6) is 0 Å². The van der Waals surface area contributed by atoms with Crippen LogP contribution < -0.4 is 4.90 Å². The Kier molecular flexibility index (Phi) is 4.45. The summed E-state index contributed by atoms with van der Waals surface area (Å²) in [5.74, 6) is -0.244. The van der Waals surface area contributed by atoms with Gasteiger partial charge in [0.1, 0.15) is 0 Å². The molecule has 2 aliphatic rings. The van der Waals surface area contributed by atoms with Gasteiger partial charge >= 0.3 is 5.97 Å². The molecule has 0 radical (unpaired) electrons. The van der Waals surface area contributed by atoms with Gasteiger partial charge in [0, 0.05) is 37.4 Å². The summed E-state index contributed by atoms with van der Waals surface area (Å²) in [6, 6.07) is 19.8. The monoisotopic (exact) mass is 336 g/mol. The van der Waals surface area contributed by atoms with Gasteiger partial charge in [-0.2, -0.15) is 0 Å². The predicted molar refractivity (Wildman–Crippen MR) is 98.8 cm³/mol. The highest BCUT2D eigenvalue weighted by Crippen LogP contribution is 2.35. The molecule has 130 valence electrons. The van der Waals surface area contributed by atoms with Crippen molar-refractivity contribution in [2.75, 3.05) is 24.6 Å². The smallest absolute Gasteiger partial charge is 0.338 e. The maximum absolute atomic E-state index is 11.8. The van der Waals surface area contributed by atoms with Gasteiger partial charge < -0.3 is 9.64 Å². The van der Waals surface area contributed by atoms with Crippen LogP contribution in [-0.2, 0) is 11.3 Å². The third-order valence-electron chi connectivity index (χ3n) is 5.29. The van der Waals surface area contributed by atoms with Crippen molar-refractivity contribution in [1.29, 1.82) is 0 Å². The number of nitrogens with zero attached hydrogens (tertiary/aromatic N) is 2. The number of carbonyl (C=O) groups is 1. The Morgan fingerprint density at radius 1 is 1.04 bits per heavy atom. The van der Waals surface area contributed by atoms with Crippen LogP contribution >= 0.6 is 0 Å². The highest BCUT2D eigenvalue weighted by atomic mass is 16.5. The van der Waals surface area contributed by atoms with Gasteiger partial charge in [0.25, 0.3) is 0 Å². The van der Waals surface area contributed by atoms with Crippen molar-refractivity contribution in [3.05, 3.63) is 65.7 Å². The number of likely N-dealkylation sites (tertiary alicyclic amines) is 1. The second-order valence-corrected chi connectivity index (χ2v) is 6.88. The summed E-state index contributed by atoms with van der Waals surface area (Å²) in [4.78, 5) is 16.9. The summed E-state index contributed by atoms with van der Waals surface area (Å²) in [7, 11) is 0. The molecule has 4 heteroatoms. The molecule has 0 N–H and O–H groups in total. The SMILES string of the molecule is CCOC(=O)c1ccc(N2C[C@@H]3C[C@H]2CN3Cc2ccccc2)cc1. The van der Waals surface area contributed by atoms with Gasteiger partial charge in [-0.05, 0) is 43.2 Å². The van der Waals surface area contributed by atoms with E-state index in [0.717, 1.165) is 19.6 Å². The Morgan fingerprint density at radius 3 is 2.44 bits per heavy atom. The van der Waals surface area contributed by atoms with E-state index in [4.69, 9.17) is 4.74 Å². The molecule has 0 amide bonds. The summed E-state index contributed by atoms with van der Waals surface area (Å²) < 4.78 is 5.05. The molecule has 2 saturated heterocycles. The Balaban J connectivity index is 1.40. The molecule has 0 aromatic heterocycles. The van der Waals surface area contributed by atoms with E-state index in [0.29, 0.717) is 24.3 Å². The number of esters is 1. The second-order valence-electron chi connectivity index (χ2n) is 6.88. The van der Waals surface area contributed by atoms with E-state index >= 15 is 0 Å². The van der Waals surface area contributed by atoms with E-state index in [1.54, 1.807) is 0 Å². The van der Waals surface area contributed by atoms with E-state index in [-0.39, 0.29) is 5.97 Å². The molecule has 2 aromatic rings. The fraction of sp³-hybridized carbons (Fsp3) is 0.381. The zero-order valence-corrected chi connectivity index (χ0v) is 14.6. The van der Waals surface area contributed by atoms with Crippen LogP contribution in [0.25, 0.3) is 0 Å². The molecule has 0 saturated carbocycles. The number of hydrogen-bond acceptors (Lipinski definition) is 4. The third kappa shape index (κ3) is 3.27. The Hall–Kier alpha value is -2.33. The van der Waals surface area contributed by atoms with Gasteiger partial charge in [0.15, 0.2) is 0 Å². The molecule has 0 spiro atoms. The lowest BCUT2D eigenvalue weighted by Gasteiger charge is -2.35. The lowest BCUT2D eigenvalue weighted by Crippen LogP contribution is -2.46. The number of rotatable bonds is 5. The van der Waals surface area contributed by atoms with Crippen LogP contribution in [0.1, 0.15) is 29.3 Å². The fourth-order valence-corrected chi connectivity index (χ4v) is 4.08. The Morgan fingerprint density at radius 2 is 1.80 bits per heavy atom. The summed E-state index contributed by atoms with van der Waals surface area (Å²) in [6.07, 6.45) is 1.23. The molecular formula is C21H24N2O2. The maximum Gasteiger partial charge on any atom is 0.338 e. The fourth-order valence-electron chi connectivity index (χ4n) is 4.08.